The van der Waals surface area contributed by atoms with Crippen LogP contribution < -0.4 is 0 Å². The van der Waals surface area contributed by atoms with Gasteiger partial charge in [-0.3, -0.25) is 0 Å². The number of pyridine rings is 1. The van der Waals surface area contributed by atoms with Crippen LogP contribution in [0.4, 0.5) is 19.0 Å². The highest BCUT2D eigenvalue weighted by molar-refractivity contribution is 5.36. The maximum atomic E-state index is 13.0. The first-order valence-electron chi connectivity index (χ1n) is 3.70. The summed E-state index contributed by atoms with van der Waals surface area (Å²) in [7, 11) is 0. The van der Waals surface area contributed by atoms with Gasteiger partial charge in [-0.2, -0.15) is 0 Å². The van der Waals surface area contributed by atoms with E-state index in [0.29, 0.717) is 6.07 Å². The quantitative estimate of drug-likeness (QED) is 0.621. The lowest BCUT2D eigenvalue weighted by molar-refractivity contribution is -0.391. The zero-order chi connectivity index (χ0) is 11.6. The van der Waals surface area contributed by atoms with Gasteiger partial charge in [-0.25, -0.2) is 13.2 Å². The van der Waals surface area contributed by atoms with Gasteiger partial charge in [0.25, 0.3) is 6.43 Å². The van der Waals surface area contributed by atoms with E-state index in [0.717, 1.165) is 0 Å². The number of nitro groups is 1. The molecule has 0 unspecified atom stereocenters. The highest BCUT2D eigenvalue weighted by atomic mass is 19.3. The van der Waals surface area contributed by atoms with Crippen LogP contribution >= 0.6 is 0 Å². The van der Waals surface area contributed by atoms with E-state index in [2.05, 4.69) is 4.98 Å². The van der Waals surface area contributed by atoms with Crippen LogP contribution in [0.5, 0.6) is 0 Å². The Morgan fingerprint density at radius 3 is 2.60 bits per heavy atom. The molecule has 0 aliphatic heterocycles. The molecule has 0 atom stereocenters. The smallest absolute Gasteiger partial charge is 0.375 e. The summed E-state index contributed by atoms with van der Waals surface area (Å²) in [5.41, 5.74) is -1.74. The van der Waals surface area contributed by atoms with Crippen LogP contribution in [-0.2, 0) is 6.61 Å². The summed E-state index contributed by atoms with van der Waals surface area (Å²) in [6.45, 7) is -0.763. The number of aromatic nitrogens is 1. The highest BCUT2D eigenvalue weighted by Gasteiger charge is 2.29. The van der Waals surface area contributed by atoms with Crippen LogP contribution in [0, 0.1) is 15.9 Å². The Bertz CT molecular complexity index is 397. The van der Waals surface area contributed by atoms with Crippen molar-refractivity contribution in [3.63, 3.8) is 0 Å². The number of hydrogen-bond acceptors (Lipinski definition) is 4. The molecule has 0 saturated heterocycles. The molecule has 0 saturated carbocycles. The molecule has 1 aromatic heterocycles. The molecule has 0 fully saturated rings. The van der Waals surface area contributed by atoms with Crippen LogP contribution in [0.3, 0.4) is 0 Å². The number of rotatable bonds is 3. The van der Waals surface area contributed by atoms with E-state index < -0.39 is 35.2 Å². The Morgan fingerprint density at radius 2 is 2.20 bits per heavy atom. The molecule has 5 nitrogen and oxygen atoms in total. The van der Waals surface area contributed by atoms with Gasteiger partial charge in [-0.15, -0.1) is 0 Å². The third-order valence-electron chi connectivity index (χ3n) is 1.59. The topological polar surface area (TPSA) is 76.3 Å². The largest absolute Gasteiger partial charge is 0.388 e. The van der Waals surface area contributed by atoms with Gasteiger partial charge in [-0.05, 0) is 9.91 Å². The molecule has 0 spiro atoms. The van der Waals surface area contributed by atoms with Gasteiger partial charge < -0.3 is 15.2 Å². The second kappa shape index (κ2) is 4.22. The second-order valence-corrected chi connectivity index (χ2v) is 2.55. The fourth-order valence-electron chi connectivity index (χ4n) is 0.981. The molecule has 82 valence electrons. The number of alkyl halides is 2. The average molecular weight is 222 g/mol. The predicted molar refractivity (Wildman–Crippen MR) is 41.7 cm³/mol. The molecule has 1 aromatic rings. The van der Waals surface area contributed by atoms with E-state index >= 15 is 0 Å². The normalized spacial score (nSPS) is 10.7. The van der Waals surface area contributed by atoms with Crippen LogP contribution in [-0.4, -0.2) is 15.0 Å². The minimum atomic E-state index is -3.33. The van der Waals surface area contributed by atoms with Gasteiger partial charge in [0.2, 0.25) is 0 Å². The van der Waals surface area contributed by atoms with Crippen molar-refractivity contribution in [3.05, 3.63) is 33.3 Å². The minimum Gasteiger partial charge on any atom is -0.388 e. The Balaban J connectivity index is 3.42. The minimum absolute atomic E-state index is 0.372. The van der Waals surface area contributed by atoms with Gasteiger partial charge in [0.15, 0.2) is 11.3 Å². The zero-order valence-electron chi connectivity index (χ0n) is 7.15. The molecule has 0 aromatic carbocycles. The lowest BCUT2D eigenvalue weighted by Crippen LogP contribution is -2.05. The molecule has 0 bridgehead atoms. The number of aliphatic hydroxyl groups is 1. The molecule has 1 N–H and O–H groups in total. The lowest BCUT2D eigenvalue weighted by Gasteiger charge is -2.03. The molecular formula is C7H5F3N2O3. The summed E-state index contributed by atoms with van der Waals surface area (Å²) in [6.07, 6.45) is -3.33. The summed E-state index contributed by atoms with van der Waals surface area (Å²) >= 11 is 0. The Hall–Kier alpha value is -1.70. The molecule has 8 heteroatoms. The Labute approximate surface area is 81.3 Å². The molecule has 0 amide bonds. The molecule has 1 rings (SSSR count). The summed E-state index contributed by atoms with van der Waals surface area (Å²) in [6, 6.07) is 0.536. The summed E-state index contributed by atoms with van der Waals surface area (Å²) < 4.78 is 37.4. The van der Waals surface area contributed by atoms with Crippen molar-refractivity contribution in [3.8, 4) is 0 Å². The maximum absolute atomic E-state index is 13.0. The van der Waals surface area contributed by atoms with Crippen LogP contribution in [0.15, 0.2) is 6.07 Å². The SMILES string of the molecule is O=[N+]([O-])c1nc(CO)cc(F)c1C(F)F. The molecule has 0 aliphatic rings. The number of halogens is 3. The summed E-state index contributed by atoms with van der Waals surface area (Å²) in [5.74, 6) is -2.72. The van der Waals surface area contributed by atoms with Gasteiger partial charge >= 0.3 is 5.82 Å². The van der Waals surface area contributed by atoms with Gasteiger partial charge in [0.1, 0.15) is 12.4 Å². The fourth-order valence-corrected chi connectivity index (χ4v) is 0.981. The van der Waals surface area contributed by atoms with E-state index in [1.165, 1.54) is 0 Å². The predicted octanol–water partition coefficient (Wildman–Crippen LogP) is 1.56. The molecule has 15 heavy (non-hydrogen) atoms. The molecular weight excluding hydrogens is 217 g/mol. The Kier molecular flexibility index (Phi) is 3.20. The van der Waals surface area contributed by atoms with E-state index in [-0.39, 0.29) is 5.69 Å². The van der Waals surface area contributed by atoms with E-state index in [1.807, 2.05) is 0 Å². The number of aliphatic hydroxyl groups excluding tert-OH is 1. The van der Waals surface area contributed by atoms with Crippen molar-refractivity contribution >= 4 is 5.82 Å². The maximum Gasteiger partial charge on any atom is 0.375 e. The molecule has 1 heterocycles. The van der Waals surface area contributed by atoms with Crippen molar-refractivity contribution in [2.45, 2.75) is 13.0 Å². The second-order valence-electron chi connectivity index (χ2n) is 2.55. The third kappa shape index (κ3) is 2.21. The van der Waals surface area contributed by atoms with Crippen LogP contribution in [0.1, 0.15) is 17.7 Å². The number of nitrogens with zero attached hydrogens (tertiary/aromatic N) is 2. The average Bonchev–Trinajstić information content (AvgIpc) is 2.15. The van der Waals surface area contributed by atoms with E-state index in [9.17, 15) is 23.3 Å². The highest BCUT2D eigenvalue weighted by Crippen LogP contribution is 2.30. The molecule has 0 aliphatic carbocycles. The third-order valence-corrected chi connectivity index (χ3v) is 1.59. The first kappa shape index (κ1) is 11.4. The van der Waals surface area contributed by atoms with Crippen molar-refractivity contribution in [1.82, 2.24) is 4.98 Å². The first-order chi connectivity index (χ1) is 6.97. The number of hydrogen-bond donors (Lipinski definition) is 1. The van der Waals surface area contributed by atoms with Gasteiger partial charge in [-0.1, -0.05) is 0 Å². The van der Waals surface area contributed by atoms with Crippen LogP contribution in [0.25, 0.3) is 0 Å². The van der Waals surface area contributed by atoms with Gasteiger partial charge in [0, 0.05) is 6.07 Å². The Morgan fingerprint density at radius 1 is 1.60 bits per heavy atom. The van der Waals surface area contributed by atoms with Crippen LogP contribution in [0.2, 0.25) is 0 Å². The summed E-state index contributed by atoms with van der Waals surface area (Å²) in [4.78, 5) is 12.2. The lowest BCUT2D eigenvalue weighted by atomic mass is 10.2. The van der Waals surface area contributed by atoms with E-state index in [4.69, 9.17) is 5.11 Å². The van der Waals surface area contributed by atoms with Crippen molar-refractivity contribution < 1.29 is 23.2 Å². The van der Waals surface area contributed by atoms with Crippen molar-refractivity contribution in [2.75, 3.05) is 0 Å². The summed E-state index contributed by atoms with van der Waals surface area (Å²) in [5, 5.41) is 18.9. The van der Waals surface area contributed by atoms with Crippen molar-refractivity contribution in [2.24, 2.45) is 0 Å². The van der Waals surface area contributed by atoms with Gasteiger partial charge in [0.05, 0.1) is 0 Å². The first-order valence-corrected chi connectivity index (χ1v) is 3.70. The van der Waals surface area contributed by atoms with Crippen molar-refractivity contribution in [1.29, 1.82) is 0 Å². The standard InChI is InChI=1S/C7H5F3N2O3/c8-4-1-3(2-13)11-7(12(14)15)5(4)6(9)10/h1,6,13H,2H2. The zero-order valence-corrected chi connectivity index (χ0v) is 7.15. The monoisotopic (exact) mass is 222 g/mol. The van der Waals surface area contributed by atoms with E-state index in [1.54, 1.807) is 0 Å². The fraction of sp³-hybridized carbons (Fsp3) is 0.286. The molecule has 0 radical (unpaired) electrons.